The SMILES string of the molecule is C[C@@H](O)CNC(=O)C1NCC2CCCC21. The number of amides is 1. The highest BCUT2D eigenvalue weighted by molar-refractivity contribution is 5.82. The Morgan fingerprint density at radius 2 is 2.40 bits per heavy atom. The van der Waals surface area contributed by atoms with Gasteiger partial charge in [0.25, 0.3) is 0 Å². The molecule has 0 radical (unpaired) electrons. The molecular formula is C11H20N2O2. The van der Waals surface area contributed by atoms with Crippen LogP contribution in [0.15, 0.2) is 0 Å². The van der Waals surface area contributed by atoms with Crippen LogP contribution in [-0.4, -0.2) is 36.2 Å². The number of carbonyl (C=O) groups is 1. The molecule has 4 nitrogen and oxygen atoms in total. The predicted octanol–water partition coefficient (Wildman–Crippen LogP) is -0.128. The van der Waals surface area contributed by atoms with Crippen molar-refractivity contribution in [1.29, 1.82) is 0 Å². The van der Waals surface area contributed by atoms with Crippen LogP contribution in [0.25, 0.3) is 0 Å². The lowest BCUT2D eigenvalue weighted by Gasteiger charge is -2.18. The first kappa shape index (κ1) is 10.9. The minimum atomic E-state index is -0.463. The van der Waals surface area contributed by atoms with Gasteiger partial charge in [0.2, 0.25) is 5.91 Å². The Morgan fingerprint density at radius 1 is 1.60 bits per heavy atom. The highest BCUT2D eigenvalue weighted by atomic mass is 16.3. The Morgan fingerprint density at radius 3 is 3.13 bits per heavy atom. The molecule has 3 N–H and O–H groups in total. The van der Waals surface area contributed by atoms with Crippen molar-refractivity contribution in [1.82, 2.24) is 10.6 Å². The fourth-order valence-corrected chi connectivity index (χ4v) is 2.83. The number of aliphatic hydroxyl groups excluding tert-OH is 1. The second-order valence-corrected chi connectivity index (χ2v) is 4.83. The first-order chi connectivity index (χ1) is 7.18. The Kier molecular flexibility index (Phi) is 3.26. The van der Waals surface area contributed by atoms with Gasteiger partial charge < -0.3 is 15.7 Å². The summed E-state index contributed by atoms with van der Waals surface area (Å²) < 4.78 is 0. The third kappa shape index (κ3) is 2.32. The molecule has 0 aromatic carbocycles. The van der Waals surface area contributed by atoms with E-state index >= 15 is 0 Å². The number of hydrogen-bond acceptors (Lipinski definition) is 3. The molecular weight excluding hydrogens is 192 g/mol. The van der Waals surface area contributed by atoms with Crippen LogP contribution in [0, 0.1) is 11.8 Å². The summed E-state index contributed by atoms with van der Waals surface area (Å²) in [6.07, 6.45) is 3.23. The van der Waals surface area contributed by atoms with Crippen molar-refractivity contribution in [3.05, 3.63) is 0 Å². The molecule has 0 spiro atoms. The van der Waals surface area contributed by atoms with Crippen molar-refractivity contribution < 1.29 is 9.90 Å². The van der Waals surface area contributed by atoms with Crippen molar-refractivity contribution >= 4 is 5.91 Å². The van der Waals surface area contributed by atoms with Crippen LogP contribution < -0.4 is 10.6 Å². The Labute approximate surface area is 90.4 Å². The summed E-state index contributed by atoms with van der Waals surface area (Å²) in [4.78, 5) is 11.8. The summed E-state index contributed by atoms with van der Waals surface area (Å²) in [6.45, 7) is 3.02. The molecule has 4 heteroatoms. The maximum absolute atomic E-state index is 11.8. The van der Waals surface area contributed by atoms with Gasteiger partial charge in [0.05, 0.1) is 12.1 Å². The minimum Gasteiger partial charge on any atom is -0.392 e. The molecule has 1 aliphatic carbocycles. The second kappa shape index (κ2) is 4.49. The zero-order chi connectivity index (χ0) is 10.8. The van der Waals surface area contributed by atoms with Crippen LogP contribution in [0.1, 0.15) is 26.2 Å². The molecule has 1 aliphatic heterocycles. The van der Waals surface area contributed by atoms with E-state index in [9.17, 15) is 4.79 Å². The molecule has 15 heavy (non-hydrogen) atoms. The van der Waals surface area contributed by atoms with E-state index in [1.54, 1.807) is 6.92 Å². The average molecular weight is 212 g/mol. The second-order valence-electron chi connectivity index (χ2n) is 4.83. The third-order valence-corrected chi connectivity index (χ3v) is 3.60. The molecule has 2 rings (SSSR count). The van der Waals surface area contributed by atoms with Gasteiger partial charge in [-0.05, 0) is 38.1 Å². The zero-order valence-corrected chi connectivity index (χ0v) is 9.20. The molecule has 1 amide bonds. The number of hydrogen-bond donors (Lipinski definition) is 3. The van der Waals surface area contributed by atoms with E-state index in [-0.39, 0.29) is 11.9 Å². The van der Waals surface area contributed by atoms with Gasteiger partial charge in [-0.25, -0.2) is 0 Å². The van der Waals surface area contributed by atoms with E-state index in [0.29, 0.717) is 18.4 Å². The van der Waals surface area contributed by atoms with Crippen LogP contribution in [0.2, 0.25) is 0 Å². The minimum absolute atomic E-state index is 0.0174. The molecule has 0 aromatic rings. The van der Waals surface area contributed by atoms with Gasteiger partial charge in [0, 0.05) is 6.54 Å². The molecule has 1 saturated carbocycles. The van der Waals surface area contributed by atoms with E-state index in [2.05, 4.69) is 10.6 Å². The summed E-state index contributed by atoms with van der Waals surface area (Å²) in [7, 11) is 0. The number of carbonyl (C=O) groups excluding carboxylic acids is 1. The lowest BCUT2D eigenvalue weighted by Crippen LogP contribution is -2.45. The van der Waals surface area contributed by atoms with Crippen molar-refractivity contribution in [3.63, 3.8) is 0 Å². The normalized spacial score (nSPS) is 36.3. The van der Waals surface area contributed by atoms with Crippen LogP contribution in [-0.2, 0) is 4.79 Å². The molecule has 0 aromatic heterocycles. The van der Waals surface area contributed by atoms with Gasteiger partial charge in [0.1, 0.15) is 0 Å². The Bertz CT molecular complexity index is 243. The monoisotopic (exact) mass is 212 g/mol. The smallest absolute Gasteiger partial charge is 0.237 e. The van der Waals surface area contributed by atoms with Crippen LogP contribution >= 0.6 is 0 Å². The molecule has 3 unspecified atom stereocenters. The number of rotatable bonds is 3. The summed E-state index contributed by atoms with van der Waals surface area (Å²) in [5.41, 5.74) is 0. The Balaban J connectivity index is 1.85. The number of nitrogens with one attached hydrogen (secondary N) is 2. The summed E-state index contributed by atoms with van der Waals surface area (Å²) in [5, 5.41) is 15.2. The van der Waals surface area contributed by atoms with Gasteiger partial charge in [-0.2, -0.15) is 0 Å². The van der Waals surface area contributed by atoms with E-state index in [0.717, 1.165) is 6.54 Å². The van der Waals surface area contributed by atoms with Gasteiger partial charge in [-0.1, -0.05) is 6.42 Å². The Hall–Kier alpha value is -0.610. The highest BCUT2D eigenvalue weighted by Gasteiger charge is 2.42. The standard InChI is InChI=1S/C11H20N2O2/c1-7(14)5-13-11(15)10-9-4-2-3-8(9)6-12-10/h7-10,12,14H,2-6H2,1H3,(H,13,15)/t7-,8?,9?,10?/m1/s1. The number of aliphatic hydroxyl groups is 1. The third-order valence-electron chi connectivity index (χ3n) is 3.60. The van der Waals surface area contributed by atoms with Crippen LogP contribution in [0.3, 0.4) is 0 Å². The summed E-state index contributed by atoms with van der Waals surface area (Å²) in [6, 6.07) is -0.0174. The predicted molar refractivity (Wildman–Crippen MR) is 57.3 cm³/mol. The maximum atomic E-state index is 11.8. The van der Waals surface area contributed by atoms with Gasteiger partial charge in [0.15, 0.2) is 0 Å². The first-order valence-electron chi connectivity index (χ1n) is 5.87. The molecule has 86 valence electrons. The lowest BCUT2D eigenvalue weighted by atomic mass is 9.93. The topological polar surface area (TPSA) is 61.4 Å². The summed E-state index contributed by atoms with van der Waals surface area (Å²) in [5.74, 6) is 1.29. The molecule has 1 heterocycles. The van der Waals surface area contributed by atoms with Crippen molar-refractivity contribution in [2.24, 2.45) is 11.8 Å². The van der Waals surface area contributed by atoms with Crippen molar-refractivity contribution in [2.45, 2.75) is 38.3 Å². The van der Waals surface area contributed by atoms with Crippen LogP contribution in [0.5, 0.6) is 0 Å². The number of fused-ring (bicyclic) bond motifs is 1. The van der Waals surface area contributed by atoms with E-state index in [1.165, 1.54) is 19.3 Å². The fourth-order valence-electron chi connectivity index (χ4n) is 2.83. The molecule has 2 aliphatic rings. The van der Waals surface area contributed by atoms with Gasteiger partial charge >= 0.3 is 0 Å². The van der Waals surface area contributed by atoms with Crippen molar-refractivity contribution in [3.8, 4) is 0 Å². The molecule has 4 atom stereocenters. The van der Waals surface area contributed by atoms with E-state index < -0.39 is 6.10 Å². The summed E-state index contributed by atoms with van der Waals surface area (Å²) >= 11 is 0. The lowest BCUT2D eigenvalue weighted by molar-refractivity contribution is -0.124. The molecule has 0 bridgehead atoms. The van der Waals surface area contributed by atoms with Crippen molar-refractivity contribution in [2.75, 3.05) is 13.1 Å². The molecule has 2 fully saturated rings. The molecule has 1 saturated heterocycles. The van der Waals surface area contributed by atoms with Crippen LogP contribution in [0.4, 0.5) is 0 Å². The fraction of sp³-hybridized carbons (Fsp3) is 0.909. The van der Waals surface area contributed by atoms with Gasteiger partial charge in [-0.15, -0.1) is 0 Å². The first-order valence-corrected chi connectivity index (χ1v) is 5.87. The largest absolute Gasteiger partial charge is 0.392 e. The zero-order valence-electron chi connectivity index (χ0n) is 9.20. The quantitative estimate of drug-likeness (QED) is 0.611. The maximum Gasteiger partial charge on any atom is 0.237 e. The van der Waals surface area contributed by atoms with E-state index in [1.807, 2.05) is 0 Å². The van der Waals surface area contributed by atoms with E-state index in [4.69, 9.17) is 5.11 Å². The highest BCUT2D eigenvalue weighted by Crippen LogP contribution is 2.37. The van der Waals surface area contributed by atoms with Gasteiger partial charge in [-0.3, -0.25) is 4.79 Å². The average Bonchev–Trinajstić information content (AvgIpc) is 2.74.